The van der Waals surface area contributed by atoms with Crippen LogP contribution in [0.3, 0.4) is 0 Å². The van der Waals surface area contributed by atoms with E-state index >= 15 is 0 Å². The van der Waals surface area contributed by atoms with Gasteiger partial charge in [0, 0.05) is 37.0 Å². The number of aromatic nitrogens is 2. The van der Waals surface area contributed by atoms with Gasteiger partial charge in [0.1, 0.15) is 11.5 Å². The Balaban J connectivity index is 1.34. The van der Waals surface area contributed by atoms with Gasteiger partial charge in [0.05, 0.1) is 12.2 Å². The second-order valence-electron chi connectivity index (χ2n) is 7.47. The average molecular weight is 380 g/mol. The third kappa shape index (κ3) is 4.07. The molecule has 3 heterocycles. The van der Waals surface area contributed by atoms with E-state index in [0.717, 1.165) is 30.7 Å². The van der Waals surface area contributed by atoms with Crippen molar-refractivity contribution in [2.24, 2.45) is 0 Å². The molecule has 0 bridgehead atoms. The van der Waals surface area contributed by atoms with E-state index < -0.39 is 0 Å². The summed E-state index contributed by atoms with van der Waals surface area (Å²) in [4.78, 5) is 19.0. The van der Waals surface area contributed by atoms with Crippen LogP contribution in [-0.4, -0.2) is 32.8 Å². The van der Waals surface area contributed by atoms with Gasteiger partial charge < -0.3 is 14.6 Å². The lowest BCUT2D eigenvalue weighted by atomic mass is 10.1. The van der Waals surface area contributed by atoms with Crippen LogP contribution in [0.15, 0.2) is 48.8 Å². The zero-order chi connectivity index (χ0) is 19.5. The predicted molar refractivity (Wildman–Crippen MR) is 106 cm³/mol. The van der Waals surface area contributed by atoms with Gasteiger partial charge >= 0.3 is 0 Å². The van der Waals surface area contributed by atoms with E-state index in [1.165, 1.54) is 11.6 Å². The molecular weight excluding hydrogens is 355 g/mol. The van der Waals surface area contributed by atoms with Crippen molar-refractivity contribution in [3.05, 3.63) is 71.4 Å². The maximum Gasteiger partial charge on any atom is 0.223 e. The number of benzene rings is 1. The molecule has 0 spiro atoms. The van der Waals surface area contributed by atoms with Crippen molar-refractivity contribution in [2.75, 3.05) is 6.54 Å². The third-order valence-electron chi connectivity index (χ3n) is 5.38. The second-order valence-corrected chi connectivity index (χ2v) is 7.47. The molecule has 0 aliphatic carbocycles. The number of likely N-dealkylation sites (tertiary alicyclic amines) is 1. The Kier molecular flexibility index (Phi) is 5.39. The van der Waals surface area contributed by atoms with E-state index in [1.807, 2.05) is 46.8 Å². The van der Waals surface area contributed by atoms with Gasteiger partial charge in [-0.3, -0.25) is 4.79 Å². The molecule has 1 aromatic carbocycles. The number of hydrogen-bond donors (Lipinski definition) is 1. The molecule has 1 atom stereocenters. The van der Waals surface area contributed by atoms with Crippen LogP contribution in [0.1, 0.15) is 36.1 Å². The molecule has 28 heavy (non-hydrogen) atoms. The first kappa shape index (κ1) is 18.6. The fraction of sp³-hybridized carbons (Fsp3) is 0.364. The highest BCUT2D eigenvalue weighted by atomic mass is 19.1. The summed E-state index contributed by atoms with van der Waals surface area (Å²) in [6.07, 6.45) is 6.30. The maximum absolute atomic E-state index is 13.7. The quantitative estimate of drug-likeness (QED) is 0.639. The number of aryl methyl sites for hydroxylation is 1. The fourth-order valence-electron chi connectivity index (χ4n) is 3.83. The molecule has 4 rings (SSSR count). The van der Waals surface area contributed by atoms with Crippen molar-refractivity contribution in [3.8, 4) is 0 Å². The van der Waals surface area contributed by atoms with E-state index in [-0.39, 0.29) is 17.8 Å². The minimum Gasteiger partial charge on any atom is -0.334 e. The molecule has 1 aliphatic rings. The van der Waals surface area contributed by atoms with Crippen LogP contribution in [0.25, 0.3) is 5.65 Å². The van der Waals surface area contributed by atoms with Crippen LogP contribution in [0, 0.1) is 12.7 Å². The van der Waals surface area contributed by atoms with Gasteiger partial charge in [0.15, 0.2) is 0 Å². The number of rotatable bonds is 7. The summed E-state index contributed by atoms with van der Waals surface area (Å²) in [6.45, 7) is 3.83. The van der Waals surface area contributed by atoms with E-state index in [9.17, 15) is 9.18 Å². The Bertz CT molecular complexity index is 984. The Hall–Kier alpha value is -2.73. The number of carbonyl (C=O) groups excluding carboxylic acids is 1. The lowest BCUT2D eigenvalue weighted by Gasteiger charge is -2.24. The van der Waals surface area contributed by atoms with E-state index in [2.05, 4.69) is 10.3 Å². The Morgan fingerprint density at radius 2 is 2.14 bits per heavy atom. The maximum atomic E-state index is 13.7. The standard InChI is InChI=1S/C22H25FN4O/c1-16-9-11-26-14-18(25-21(26)12-16)15-27-19(6-7-22(27)28)8-10-24-13-17-4-2-3-5-20(17)23/h2-5,9,11-12,14,19,24H,6-8,10,13,15H2,1H3. The highest BCUT2D eigenvalue weighted by Crippen LogP contribution is 2.23. The summed E-state index contributed by atoms with van der Waals surface area (Å²) < 4.78 is 15.7. The highest BCUT2D eigenvalue weighted by molar-refractivity contribution is 5.78. The molecular formula is C22H25FN4O. The summed E-state index contributed by atoms with van der Waals surface area (Å²) in [6, 6.07) is 11.1. The van der Waals surface area contributed by atoms with Gasteiger partial charge in [-0.05, 0) is 50.1 Å². The summed E-state index contributed by atoms with van der Waals surface area (Å²) in [5.74, 6) is 0.00194. The van der Waals surface area contributed by atoms with Gasteiger partial charge in [0.25, 0.3) is 0 Å². The minimum absolute atomic E-state index is 0.185. The normalized spacial score (nSPS) is 17.0. The van der Waals surface area contributed by atoms with Crippen LogP contribution in [-0.2, 0) is 17.9 Å². The Labute approximate surface area is 164 Å². The van der Waals surface area contributed by atoms with Crippen molar-refractivity contribution in [1.82, 2.24) is 19.6 Å². The highest BCUT2D eigenvalue weighted by Gasteiger charge is 2.30. The van der Waals surface area contributed by atoms with Crippen LogP contribution in [0.4, 0.5) is 4.39 Å². The molecule has 146 valence electrons. The molecule has 3 aromatic rings. The number of hydrogen-bond acceptors (Lipinski definition) is 3. The van der Waals surface area contributed by atoms with Crippen LogP contribution < -0.4 is 5.32 Å². The molecule has 6 heteroatoms. The van der Waals surface area contributed by atoms with E-state index in [4.69, 9.17) is 0 Å². The molecule has 1 saturated heterocycles. The Morgan fingerprint density at radius 3 is 3.00 bits per heavy atom. The van der Waals surface area contributed by atoms with E-state index in [0.29, 0.717) is 25.1 Å². The molecule has 2 aromatic heterocycles. The molecule has 0 radical (unpaired) electrons. The number of amides is 1. The van der Waals surface area contributed by atoms with Gasteiger partial charge in [-0.2, -0.15) is 0 Å². The third-order valence-corrected chi connectivity index (χ3v) is 5.38. The van der Waals surface area contributed by atoms with Crippen LogP contribution in [0.2, 0.25) is 0 Å². The fourth-order valence-corrected chi connectivity index (χ4v) is 3.83. The summed E-state index contributed by atoms with van der Waals surface area (Å²) in [5.41, 5.74) is 3.65. The first-order chi connectivity index (χ1) is 13.6. The minimum atomic E-state index is -0.185. The lowest BCUT2D eigenvalue weighted by Crippen LogP contribution is -2.34. The smallest absolute Gasteiger partial charge is 0.223 e. The molecule has 1 amide bonds. The monoisotopic (exact) mass is 380 g/mol. The van der Waals surface area contributed by atoms with Crippen molar-refractivity contribution in [3.63, 3.8) is 0 Å². The average Bonchev–Trinajstić information content (AvgIpc) is 3.23. The van der Waals surface area contributed by atoms with Gasteiger partial charge in [-0.25, -0.2) is 9.37 Å². The van der Waals surface area contributed by atoms with Crippen molar-refractivity contribution >= 4 is 11.6 Å². The predicted octanol–water partition coefficient (Wildman–Crippen LogP) is 3.45. The second kappa shape index (κ2) is 8.10. The topological polar surface area (TPSA) is 49.6 Å². The molecule has 1 unspecified atom stereocenters. The molecule has 0 saturated carbocycles. The summed E-state index contributed by atoms with van der Waals surface area (Å²) in [5, 5.41) is 3.30. The van der Waals surface area contributed by atoms with Crippen molar-refractivity contribution in [2.45, 2.75) is 45.3 Å². The Morgan fingerprint density at radius 1 is 1.29 bits per heavy atom. The van der Waals surface area contributed by atoms with Gasteiger partial charge in [0.2, 0.25) is 5.91 Å². The number of nitrogens with one attached hydrogen (secondary N) is 1. The van der Waals surface area contributed by atoms with Crippen LogP contribution >= 0.6 is 0 Å². The van der Waals surface area contributed by atoms with E-state index in [1.54, 1.807) is 12.1 Å². The zero-order valence-electron chi connectivity index (χ0n) is 16.1. The summed E-state index contributed by atoms with van der Waals surface area (Å²) >= 11 is 0. The molecule has 1 N–H and O–H groups in total. The summed E-state index contributed by atoms with van der Waals surface area (Å²) in [7, 11) is 0. The first-order valence-corrected chi connectivity index (χ1v) is 9.78. The lowest BCUT2D eigenvalue weighted by molar-refractivity contribution is -0.129. The number of imidazole rings is 1. The molecule has 1 aliphatic heterocycles. The number of pyridine rings is 1. The van der Waals surface area contributed by atoms with Gasteiger partial charge in [-0.1, -0.05) is 18.2 Å². The van der Waals surface area contributed by atoms with Crippen molar-refractivity contribution < 1.29 is 9.18 Å². The number of carbonyl (C=O) groups is 1. The number of halogens is 1. The molecule has 1 fully saturated rings. The number of nitrogens with zero attached hydrogens (tertiary/aromatic N) is 3. The number of fused-ring (bicyclic) bond motifs is 1. The first-order valence-electron chi connectivity index (χ1n) is 9.78. The SMILES string of the molecule is Cc1ccn2cc(CN3C(=O)CCC3CCNCc3ccccc3F)nc2c1. The van der Waals surface area contributed by atoms with Crippen LogP contribution in [0.5, 0.6) is 0 Å². The largest absolute Gasteiger partial charge is 0.334 e. The molecule has 5 nitrogen and oxygen atoms in total. The zero-order valence-corrected chi connectivity index (χ0v) is 16.1. The van der Waals surface area contributed by atoms with Crippen molar-refractivity contribution in [1.29, 1.82) is 0 Å². The van der Waals surface area contributed by atoms with Gasteiger partial charge in [-0.15, -0.1) is 0 Å².